The summed E-state index contributed by atoms with van der Waals surface area (Å²) in [7, 11) is 0. The zero-order valence-electron chi connectivity index (χ0n) is 10.7. The van der Waals surface area contributed by atoms with Crippen LogP contribution in [0.2, 0.25) is 0 Å². The first-order valence-corrected chi connectivity index (χ1v) is 6.25. The van der Waals surface area contributed by atoms with Crippen LogP contribution in [0.5, 0.6) is 0 Å². The molecule has 1 heterocycles. The first-order valence-electron chi connectivity index (χ1n) is 6.25. The fourth-order valence-electron chi connectivity index (χ4n) is 2.24. The first kappa shape index (κ1) is 12.1. The van der Waals surface area contributed by atoms with Crippen LogP contribution in [-0.2, 0) is 0 Å². The molecule has 1 aromatic heterocycles. The molecule has 0 aliphatic heterocycles. The molecular formula is C12H20N4O. The van der Waals surface area contributed by atoms with Crippen LogP contribution in [0.4, 0.5) is 0 Å². The zero-order chi connectivity index (χ0) is 12.5. The van der Waals surface area contributed by atoms with Gasteiger partial charge < -0.3 is 5.32 Å². The number of nitrogens with one attached hydrogen (secondary N) is 2. The van der Waals surface area contributed by atoms with E-state index >= 15 is 0 Å². The van der Waals surface area contributed by atoms with Crippen molar-refractivity contribution in [3.8, 4) is 0 Å². The van der Waals surface area contributed by atoms with Crippen molar-refractivity contribution in [1.29, 1.82) is 0 Å². The summed E-state index contributed by atoms with van der Waals surface area (Å²) in [5.41, 5.74) is -0.0737. The normalized spacial score (nSPS) is 18.6. The number of hydrogen-bond acceptors (Lipinski definition) is 3. The Balaban J connectivity index is 2.04. The maximum atomic E-state index is 12.0. The van der Waals surface area contributed by atoms with Gasteiger partial charge in [-0.15, -0.1) is 5.10 Å². The van der Waals surface area contributed by atoms with E-state index in [0.717, 1.165) is 18.7 Å². The maximum absolute atomic E-state index is 12.0. The van der Waals surface area contributed by atoms with Crippen LogP contribution in [0.1, 0.15) is 68.8 Å². The van der Waals surface area contributed by atoms with Gasteiger partial charge in [0.15, 0.2) is 0 Å². The van der Waals surface area contributed by atoms with Gasteiger partial charge in [0.05, 0.1) is 0 Å². The lowest BCUT2D eigenvalue weighted by atomic mass is 10.0. The third kappa shape index (κ3) is 2.65. The predicted octanol–water partition coefficient (Wildman–Crippen LogP) is 1.99. The molecule has 0 radical (unpaired) electrons. The highest BCUT2D eigenvalue weighted by Gasteiger charge is 2.31. The third-order valence-electron chi connectivity index (χ3n) is 3.38. The van der Waals surface area contributed by atoms with Gasteiger partial charge in [0.2, 0.25) is 5.82 Å². The van der Waals surface area contributed by atoms with Crippen molar-refractivity contribution in [2.45, 2.75) is 57.9 Å². The number of aromatic amines is 1. The Labute approximate surface area is 101 Å². The van der Waals surface area contributed by atoms with E-state index in [2.05, 4.69) is 27.4 Å². The lowest BCUT2D eigenvalue weighted by molar-refractivity contribution is 0.0897. The second kappa shape index (κ2) is 4.47. The minimum absolute atomic E-state index is 0.0737. The molecule has 0 spiro atoms. The Morgan fingerprint density at radius 3 is 2.59 bits per heavy atom. The van der Waals surface area contributed by atoms with Gasteiger partial charge in [-0.05, 0) is 19.8 Å². The Morgan fingerprint density at radius 1 is 1.41 bits per heavy atom. The lowest BCUT2D eigenvalue weighted by Gasteiger charge is -2.24. The Hall–Kier alpha value is -1.39. The summed E-state index contributed by atoms with van der Waals surface area (Å²) in [6.07, 6.45) is 4.45. The summed E-state index contributed by atoms with van der Waals surface area (Å²) in [4.78, 5) is 16.2. The first-order chi connectivity index (χ1) is 8.00. The van der Waals surface area contributed by atoms with Gasteiger partial charge in [-0.3, -0.25) is 9.89 Å². The maximum Gasteiger partial charge on any atom is 0.291 e. The molecule has 1 amide bonds. The minimum atomic E-state index is -0.169. The number of hydrogen-bond donors (Lipinski definition) is 2. The van der Waals surface area contributed by atoms with E-state index in [9.17, 15) is 4.79 Å². The van der Waals surface area contributed by atoms with Crippen LogP contribution < -0.4 is 5.32 Å². The molecule has 0 unspecified atom stereocenters. The van der Waals surface area contributed by atoms with Crippen molar-refractivity contribution >= 4 is 5.91 Å². The molecule has 0 saturated heterocycles. The highest BCUT2D eigenvalue weighted by Crippen LogP contribution is 2.28. The lowest BCUT2D eigenvalue weighted by Crippen LogP contribution is -2.44. The summed E-state index contributed by atoms with van der Waals surface area (Å²) in [5.74, 6) is 1.09. The number of amides is 1. The SMILES string of the molecule is CC(C)c1nc(C(=O)NC2(C)CCCC2)n[nH]1. The topological polar surface area (TPSA) is 70.7 Å². The van der Waals surface area contributed by atoms with Crippen LogP contribution in [0.25, 0.3) is 0 Å². The van der Waals surface area contributed by atoms with E-state index in [4.69, 9.17) is 0 Å². The van der Waals surface area contributed by atoms with Crippen molar-refractivity contribution in [2.24, 2.45) is 0 Å². The summed E-state index contributed by atoms with van der Waals surface area (Å²) in [6.45, 7) is 6.12. The minimum Gasteiger partial charge on any atom is -0.344 e. The van der Waals surface area contributed by atoms with E-state index < -0.39 is 0 Å². The molecule has 5 heteroatoms. The molecule has 0 atom stereocenters. The van der Waals surface area contributed by atoms with Crippen molar-refractivity contribution in [3.63, 3.8) is 0 Å². The summed E-state index contributed by atoms with van der Waals surface area (Å²) < 4.78 is 0. The summed E-state index contributed by atoms with van der Waals surface area (Å²) in [5, 5.41) is 9.80. The molecule has 1 aliphatic rings. The van der Waals surface area contributed by atoms with E-state index in [1.165, 1.54) is 12.8 Å². The zero-order valence-corrected chi connectivity index (χ0v) is 10.7. The molecule has 2 N–H and O–H groups in total. The average molecular weight is 236 g/mol. The standard InChI is InChI=1S/C12H20N4O/c1-8(2)9-13-10(16-15-9)11(17)14-12(3)6-4-5-7-12/h8H,4-7H2,1-3H3,(H,14,17)(H,13,15,16). The molecule has 1 saturated carbocycles. The van der Waals surface area contributed by atoms with E-state index in [1.54, 1.807) is 0 Å². The van der Waals surface area contributed by atoms with Gasteiger partial charge in [-0.1, -0.05) is 26.7 Å². The van der Waals surface area contributed by atoms with Gasteiger partial charge in [0, 0.05) is 11.5 Å². The summed E-state index contributed by atoms with van der Waals surface area (Å²) >= 11 is 0. The number of carbonyl (C=O) groups excluding carboxylic acids is 1. The fourth-order valence-corrected chi connectivity index (χ4v) is 2.24. The van der Waals surface area contributed by atoms with Crippen molar-refractivity contribution in [3.05, 3.63) is 11.6 Å². The average Bonchev–Trinajstić information content (AvgIpc) is 2.86. The Kier molecular flexibility index (Phi) is 3.17. The number of rotatable bonds is 3. The molecule has 1 fully saturated rings. The van der Waals surface area contributed by atoms with Crippen molar-refractivity contribution < 1.29 is 4.79 Å². The van der Waals surface area contributed by atoms with Crippen LogP contribution in [-0.4, -0.2) is 26.6 Å². The Morgan fingerprint density at radius 2 is 2.06 bits per heavy atom. The van der Waals surface area contributed by atoms with E-state index in [0.29, 0.717) is 0 Å². The van der Waals surface area contributed by atoms with Crippen LogP contribution in [0.15, 0.2) is 0 Å². The monoisotopic (exact) mass is 236 g/mol. The largest absolute Gasteiger partial charge is 0.344 e. The molecule has 0 aromatic carbocycles. The molecule has 17 heavy (non-hydrogen) atoms. The molecule has 5 nitrogen and oxygen atoms in total. The number of nitrogens with zero attached hydrogens (tertiary/aromatic N) is 2. The second-order valence-corrected chi connectivity index (χ2v) is 5.42. The van der Waals surface area contributed by atoms with Crippen LogP contribution >= 0.6 is 0 Å². The molecule has 1 aromatic rings. The number of aromatic nitrogens is 3. The van der Waals surface area contributed by atoms with E-state index in [-0.39, 0.29) is 23.2 Å². The highest BCUT2D eigenvalue weighted by molar-refractivity contribution is 5.90. The Bertz CT molecular complexity index is 404. The molecular weight excluding hydrogens is 216 g/mol. The number of carbonyl (C=O) groups is 1. The van der Waals surface area contributed by atoms with Gasteiger partial charge in [-0.25, -0.2) is 4.98 Å². The third-order valence-corrected chi connectivity index (χ3v) is 3.38. The smallest absolute Gasteiger partial charge is 0.291 e. The molecule has 1 aliphatic carbocycles. The summed E-state index contributed by atoms with van der Waals surface area (Å²) in [6, 6.07) is 0. The van der Waals surface area contributed by atoms with Gasteiger partial charge >= 0.3 is 0 Å². The van der Waals surface area contributed by atoms with Crippen molar-refractivity contribution in [2.75, 3.05) is 0 Å². The van der Waals surface area contributed by atoms with E-state index in [1.807, 2.05) is 13.8 Å². The predicted molar refractivity (Wildman–Crippen MR) is 64.8 cm³/mol. The molecule has 94 valence electrons. The number of H-pyrrole nitrogens is 1. The second-order valence-electron chi connectivity index (χ2n) is 5.42. The van der Waals surface area contributed by atoms with Gasteiger partial charge in [0.1, 0.15) is 5.82 Å². The van der Waals surface area contributed by atoms with Crippen LogP contribution in [0.3, 0.4) is 0 Å². The molecule has 0 bridgehead atoms. The van der Waals surface area contributed by atoms with Gasteiger partial charge in [0.25, 0.3) is 5.91 Å². The van der Waals surface area contributed by atoms with Crippen LogP contribution in [0, 0.1) is 0 Å². The fraction of sp³-hybridized carbons (Fsp3) is 0.750. The molecule has 2 rings (SSSR count). The van der Waals surface area contributed by atoms with Crippen molar-refractivity contribution in [1.82, 2.24) is 20.5 Å². The van der Waals surface area contributed by atoms with Gasteiger partial charge in [-0.2, -0.15) is 0 Å². The quantitative estimate of drug-likeness (QED) is 0.843. The highest BCUT2D eigenvalue weighted by atomic mass is 16.2.